The van der Waals surface area contributed by atoms with Crippen molar-refractivity contribution in [3.05, 3.63) is 29.3 Å². The van der Waals surface area contributed by atoms with Crippen LogP contribution in [0.2, 0.25) is 0 Å². The van der Waals surface area contributed by atoms with Crippen LogP contribution < -0.4 is 17.0 Å². The zero-order chi connectivity index (χ0) is 31.6. The Bertz CT molecular complexity index is 1890. The largest absolute Gasteiger partial charge is 0.697 e. The van der Waals surface area contributed by atoms with Gasteiger partial charge in [0.1, 0.15) is 36.8 Å². The van der Waals surface area contributed by atoms with Crippen molar-refractivity contribution in [2.75, 3.05) is 31.3 Å². The standard InChI is InChI=1S/C22H25FN10O10P2/c1-38-14-9-4-39-44(35)42-13-8(40-20(10(13)23)32-6-28-11-16(24)26-5-27-17(11)32)2-3-45(36,37)43-15(14)21(41-9)33-7-29-12-18(33)30-22(25)31-19(12)34/h5-10,13-15,20-21H,2-4H2,1H3,(H5-,24,25,26,27,30,31,34,36,37)/p+1. The molecular formula is C22H26FN10O10P2+. The lowest BCUT2D eigenvalue weighted by atomic mass is 10.1. The summed E-state index contributed by atoms with van der Waals surface area (Å²) in [5.41, 5.74) is 11.3. The summed E-state index contributed by atoms with van der Waals surface area (Å²) in [4.78, 5) is 46.0. The molecule has 23 heteroatoms. The fraction of sp³-hybridized carbons (Fsp3) is 0.545. The molecule has 4 aromatic rings. The molecule has 6 N–H and O–H groups in total. The quantitative estimate of drug-likeness (QED) is 0.213. The number of methoxy groups -OCH3 is 1. The minimum atomic E-state index is -4.51. The summed E-state index contributed by atoms with van der Waals surface area (Å²) in [6.07, 6.45) is -7.67. The molecule has 4 aromatic heterocycles. The molecule has 0 amide bonds. The maximum Gasteiger partial charge on any atom is 0.697 e. The SMILES string of the molecule is COC1C2CO[P+](=O)OC3C(CCP(=O)(O)OC1C(n1cnc4c(=O)[nH]c(N)nc41)O2)OC(n1cnc2c(N)ncnc21)C3F. The molecule has 0 aromatic carbocycles. The molecule has 0 spiro atoms. The Kier molecular flexibility index (Phi) is 7.62. The van der Waals surface area contributed by atoms with Gasteiger partial charge in [0.25, 0.3) is 5.56 Å². The highest BCUT2D eigenvalue weighted by Gasteiger charge is 2.55. The predicted molar refractivity (Wildman–Crippen MR) is 148 cm³/mol. The van der Waals surface area contributed by atoms with Gasteiger partial charge < -0.3 is 30.6 Å². The lowest BCUT2D eigenvalue weighted by Crippen LogP contribution is -2.37. The number of imidazole rings is 2. The van der Waals surface area contributed by atoms with Crippen LogP contribution in [0.1, 0.15) is 18.9 Å². The van der Waals surface area contributed by atoms with Crippen LogP contribution >= 0.6 is 15.9 Å². The van der Waals surface area contributed by atoms with E-state index in [0.29, 0.717) is 0 Å². The van der Waals surface area contributed by atoms with Crippen LogP contribution in [0.3, 0.4) is 0 Å². The Morgan fingerprint density at radius 3 is 2.60 bits per heavy atom. The molecule has 240 valence electrons. The average molecular weight is 671 g/mol. The highest BCUT2D eigenvalue weighted by atomic mass is 31.2. The van der Waals surface area contributed by atoms with Gasteiger partial charge in [-0.3, -0.25) is 28.0 Å². The maximum atomic E-state index is 15.9. The minimum absolute atomic E-state index is 0.0100. The van der Waals surface area contributed by atoms with E-state index in [1.807, 2.05) is 0 Å². The van der Waals surface area contributed by atoms with Crippen molar-refractivity contribution in [2.45, 2.75) is 55.6 Å². The van der Waals surface area contributed by atoms with Crippen LogP contribution in [0.4, 0.5) is 16.2 Å². The Morgan fingerprint density at radius 1 is 1.09 bits per heavy atom. The van der Waals surface area contributed by atoms with E-state index in [2.05, 4.69) is 29.9 Å². The molecule has 0 radical (unpaired) electrons. The number of nitrogens with zero attached hydrogens (tertiary/aromatic N) is 7. The van der Waals surface area contributed by atoms with Gasteiger partial charge in [-0.05, 0) is 6.42 Å². The van der Waals surface area contributed by atoms with Crippen LogP contribution in [0.5, 0.6) is 0 Å². The highest BCUT2D eigenvalue weighted by Crippen LogP contribution is 2.52. The fourth-order valence-electron chi connectivity index (χ4n) is 5.72. The van der Waals surface area contributed by atoms with Crippen LogP contribution in [-0.2, 0) is 36.9 Å². The van der Waals surface area contributed by atoms with Crippen molar-refractivity contribution >= 4 is 49.9 Å². The molecule has 2 bridgehead atoms. The first kappa shape index (κ1) is 30.2. The van der Waals surface area contributed by atoms with E-state index in [0.717, 1.165) is 0 Å². The molecule has 3 aliphatic rings. The molecule has 0 saturated carbocycles. The summed E-state index contributed by atoms with van der Waals surface area (Å²) in [5.74, 6) is -0.132. The molecular weight excluding hydrogens is 645 g/mol. The van der Waals surface area contributed by atoms with E-state index < -0.39 is 83.3 Å². The van der Waals surface area contributed by atoms with Gasteiger partial charge in [-0.2, -0.15) is 4.98 Å². The number of anilines is 2. The number of rotatable bonds is 3. The van der Waals surface area contributed by atoms with Crippen LogP contribution in [0.15, 0.2) is 23.8 Å². The van der Waals surface area contributed by atoms with E-state index >= 15 is 4.39 Å². The summed E-state index contributed by atoms with van der Waals surface area (Å²) in [6.45, 7) is -0.427. The molecule has 3 saturated heterocycles. The van der Waals surface area contributed by atoms with Crippen molar-refractivity contribution in [3.8, 4) is 0 Å². The van der Waals surface area contributed by atoms with Gasteiger partial charge in [0.05, 0.1) is 24.9 Å². The first-order valence-corrected chi connectivity index (χ1v) is 16.3. The van der Waals surface area contributed by atoms with Gasteiger partial charge in [0.15, 0.2) is 47.4 Å². The first-order valence-electron chi connectivity index (χ1n) is 13.4. The monoisotopic (exact) mass is 671 g/mol. The molecule has 7 heterocycles. The summed E-state index contributed by atoms with van der Waals surface area (Å²) < 4.78 is 79.3. The maximum absolute atomic E-state index is 15.9. The lowest BCUT2D eigenvalue weighted by Gasteiger charge is -2.26. The fourth-order valence-corrected chi connectivity index (χ4v) is 7.79. The molecule has 0 aliphatic carbocycles. The van der Waals surface area contributed by atoms with Crippen molar-refractivity contribution in [1.29, 1.82) is 0 Å². The zero-order valence-corrected chi connectivity index (χ0v) is 24.9. The molecule has 45 heavy (non-hydrogen) atoms. The summed E-state index contributed by atoms with van der Waals surface area (Å²) >= 11 is 0. The van der Waals surface area contributed by atoms with E-state index in [1.165, 1.54) is 35.2 Å². The molecule has 3 fully saturated rings. The molecule has 10 atom stereocenters. The van der Waals surface area contributed by atoms with E-state index in [4.69, 9.17) is 39.2 Å². The Balaban J connectivity index is 1.20. The second-order valence-corrected chi connectivity index (χ2v) is 13.3. The molecule has 20 nitrogen and oxygen atoms in total. The van der Waals surface area contributed by atoms with Crippen LogP contribution in [-0.4, -0.2) is 101 Å². The highest BCUT2D eigenvalue weighted by molar-refractivity contribution is 7.52. The van der Waals surface area contributed by atoms with E-state index in [1.54, 1.807) is 0 Å². The van der Waals surface area contributed by atoms with Gasteiger partial charge >= 0.3 is 15.9 Å². The van der Waals surface area contributed by atoms with Gasteiger partial charge in [-0.25, -0.2) is 24.3 Å². The van der Waals surface area contributed by atoms with Gasteiger partial charge in [-0.1, -0.05) is 0 Å². The number of nitrogens with two attached hydrogens (primary N) is 2. The number of halogens is 1. The van der Waals surface area contributed by atoms with Gasteiger partial charge in [0, 0.05) is 11.7 Å². The van der Waals surface area contributed by atoms with Crippen LogP contribution in [0, 0.1) is 0 Å². The molecule has 10 unspecified atom stereocenters. The van der Waals surface area contributed by atoms with E-state index in [-0.39, 0.29) is 40.5 Å². The second-order valence-electron chi connectivity index (χ2n) is 10.4. The number of hydrogen-bond acceptors (Lipinski definition) is 16. The minimum Gasteiger partial charge on any atom is -0.382 e. The number of aromatic amines is 1. The van der Waals surface area contributed by atoms with Gasteiger partial charge in [0.2, 0.25) is 5.95 Å². The second kappa shape index (κ2) is 11.4. The number of nitrogens with one attached hydrogen (secondary N) is 1. The predicted octanol–water partition coefficient (Wildman–Crippen LogP) is 0.305. The number of alkyl halides is 1. The number of hydrogen-bond donors (Lipinski definition) is 4. The molecule has 3 aliphatic heterocycles. The normalized spacial score (nSPS) is 35.2. The Morgan fingerprint density at radius 2 is 1.82 bits per heavy atom. The third-order valence-corrected chi connectivity index (χ3v) is 9.92. The number of H-pyrrole nitrogens is 1. The third kappa shape index (κ3) is 5.29. The smallest absolute Gasteiger partial charge is 0.382 e. The van der Waals surface area contributed by atoms with Gasteiger partial charge in [-0.15, -0.1) is 9.05 Å². The first-order chi connectivity index (χ1) is 21.5. The number of fused-ring (bicyclic) bond motifs is 5. The van der Waals surface area contributed by atoms with Crippen molar-refractivity contribution in [2.24, 2.45) is 0 Å². The third-order valence-electron chi connectivity index (χ3n) is 7.75. The number of ether oxygens (including phenoxy) is 3. The topological polar surface area (TPSA) is 269 Å². The Hall–Kier alpha value is -3.52. The van der Waals surface area contributed by atoms with Crippen molar-refractivity contribution in [1.82, 2.24) is 39.0 Å². The average Bonchev–Trinajstić information content (AvgIpc) is 3.75. The van der Waals surface area contributed by atoms with Crippen molar-refractivity contribution in [3.63, 3.8) is 0 Å². The summed E-state index contributed by atoms with van der Waals surface area (Å²) in [7, 11) is -6.17. The Labute approximate surface area is 251 Å². The summed E-state index contributed by atoms with van der Waals surface area (Å²) in [6, 6.07) is 0. The number of nitrogen functional groups attached to an aromatic ring is 2. The van der Waals surface area contributed by atoms with E-state index in [9.17, 15) is 18.8 Å². The number of aromatic nitrogens is 8. The lowest BCUT2D eigenvalue weighted by molar-refractivity contribution is -0.0519. The van der Waals surface area contributed by atoms with Crippen molar-refractivity contribution < 1.29 is 46.2 Å². The zero-order valence-electron chi connectivity index (χ0n) is 23.2. The summed E-state index contributed by atoms with van der Waals surface area (Å²) in [5, 5.41) is 0. The molecule has 7 rings (SSSR count). The van der Waals surface area contributed by atoms with Crippen LogP contribution in [0.25, 0.3) is 22.3 Å².